The first kappa shape index (κ1) is 22.1. The van der Waals surface area contributed by atoms with Gasteiger partial charge in [0.25, 0.3) is 11.8 Å². The Balaban J connectivity index is 1.26. The molecule has 3 amide bonds. The molecule has 3 aromatic rings. The van der Waals surface area contributed by atoms with Gasteiger partial charge in [0.2, 0.25) is 5.91 Å². The number of nitrogens with one attached hydrogen (secondary N) is 2. The first-order valence-electron chi connectivity index (χ1n) is 10.1. The summed E-state index contributed by atoms with van der Waals surface area (Å²) < 4.78 is 13.0. The summed E-state index contributed by atoms with van der Waals surface area (Å²) in [6.07, 6.45) is 1.78. The van der Waals surface area contributed by atoms with E-state index < -0.39 is 5.91 Å². The molecule has 0 aliphatic carbocycles. The second kappa shape index (κ2) is 10.0. The number of rotatable bonds is 5. The monoisotopic (exact) mass is 472 g/mol. The van der Waals surface area contributed by atoms with Crippen LogP contribution in [0.15, 0.2) is 46.5 Å². The van der Waals surface area contributed by atoms with Crippen molar-refractivity contribution in [3.8, 4) is 0 Å². The molecule has 1 aliphatic heterocycles. The van der Waals surface area contributed by atoms with E-state index in [2.05, 4.69) is 15.8 Å². The highest BCUT2D eigenvalue weighted by Crippen LogP contribution is 2.30. The Morgan fingerprint density at radius 1 is 1.03 bits per heavy atom. The van der Waals surface area contributed by atoms with Crippen molar-refractivity contribution in [2.45, 2.75) is 25.2 Å². The first-order chi connectivity index (χ1) is 15.5. The standard InChI is InChI=1S/C22H21FN4O3S2/c23-17-3-1-14(2-4-17)11-19(28)27-8-5-15(6-9-27)22-24-18(13-32-22)21(30)26-25-20(29)16-7-10-31-12-16/h1-4,7,10,12-13,15H,5-6,8-9,11H2,(H,25,29)(H,26,30). The minimum atomic E-state index is -0.469. The molecular weight excluding hydrogens is 451 g/mol. The number of hydrazine groups is 1. The summed E-state index contributed by atoms with van der Waals surface area (Å²) >= 11 is 2.81. The van der Waals surface area contributed by atoms with E-state index in [0.29, 0.717) is 18.7 Å². The zero-order valence-corrected chi connectivity index (χ0v) is 18.7. The third-order valence-electron chi connectivity index (χ3n) is 5.29. The van der Waals surface area contributed by atoms with Crippen molar-refractivity contribution in [3.05, 3.63) is 74.1 Å². The van der Waals surface area contributed by atoms with Gasteiger partial charge in [0.15, 0.2) is 0 Å². The summed E-state index contributed by atoms with van der Waals surface area (Å²) in [5.41, 5.74) is 6.30. The second-order valence-electron chi connectivity index (χ2n) is 7.45. The van der Waals surface area contributed by atoms with Crippen LogP contribution in [0.2, 0.25) is 0 Å². The second-order valence-corrected chi connectivity index (χ2v) is 9.12. The van der Waals surface area contributed by atoms with Gasteiger partial charge in [-0.1, -0.05) is 12.1 Å². The van der Waals surface area contributed by atoms with Crippen LogP contribution < -0.4 is 10.9 Å². The van der Waals surface area contributed by atoms with E-state index >= 15 is 0 Å². The maximum absolute atomic E-state index is 13.0. The van der Waals surface area contributed by atoms with Gasteiger partial charge >= 0.3 is 0 Å². The van der Waals surface area contributed by atoms with Crippen LogP contribution in [0.3, 0.4) is 0 Å². The van der Waals surface area contributed by atoms with Gasteiger partial charge in [0, 0.05) is 29.8 Å². The topological polar surface area (TPSA) is 91.4 Å². The van der Waals surface area contributed by atoms with Gasteiger partial charge in [-0.25, -0.2) is 9.37 Å². The molecule has 1 aromatic carbocycles. The number of carbonyl (C=O) groups excluding carboxylic acids is 3. The lowest BCUT2D eigenvalue weighted by atomic mass is 9.97. The van der Waals surface area contributed by atoms with Crippen LogP contribution in [0.25, 0.3) is 0 Å². The number of hydrogen-bond donors (Lipinski definition) is 2. The molecule has 1 saturated heterocycles. The predicted octanol–water partition coefficient (Wildman–Crippen LogP) is 3.37. The number of piperidine rings is 1. The summed E-state index contributed by atoms with van der Waals surface area (Å²) in [7, 11) is 0. The Morgan fingerprint density at radius 2 is 1.75 bits per heavy atom. The highest BCUT2D eigenvalue weighted by Gasteiger charge is 2.26. The number of carbonyl (C=O) groups is 3. The number of benzene rings is 1. The van der Waals surface area contributed by atoms with E-state index in [9.17, 15) is 18.8 Å². The smallest absolute Gasteiger partial charge is 0.289 e. The van der Waals surface area contributed by atoms with Gasteiger partial charge in [-0.2, -0.15) is 11.3 Å². The van der Waals surface area contributed by atoms with Crippen molar-refractivity contribution >= 4 is 40.4 Å². The molecule has 0 saturated carbocycles. The summed E-state index contributed by atoms with van der Waals surface area (Å²) in [6, 6.07) is 7.65. The van der Waals surface area contributed by atoms with Crippen molar-refractivity contribution in [2.75, 3.05) is 13.1 Å². The van der Waals surface area contributed by atoms with Gasteiger partial charge in [-0.05, 0) is 42.0 Å². The molecule has 32 heavy (non-hydrogen) atoms. The van der Waals surface area contributed by atoms with E-state index in [0.717, 1.165) is 23.4 Å². The lowest BCUT2D eigenvalue weighted by Gasteiger charge is -2.31. The molecule has 10 heteroatoms. The van der Waals surface area contributed by atoms with Crippen LogP contribution in [-0.4, -0.2) is 40.7 Å². The highest BCUT2D eigenvalue weighted by molar-refractivity contribution is 7.10. The Hall–Kier alpha value is -3.11. The summed E-state index contributed by atoms with van der Waals surface area (Å²) in [5, 5.41) is 6.00. The average molecular weight is 473 g/mol. The molecule has 2 aromatic heterocycles. The molecule has 4 rings (SSSR count). The number of amides is 3. The van der Waals surface area contributed by atoms with Crippen LogP contribution in [0.4, 0.5) is 4.39 Å². The fourth-order valence-corrected chi connectivity index (χ4v) is 5.09. The molecule has 0 spiro atoms. The molecule has 0 atom stereocenters. The first-order valence-corrected chi connectivity index (χ1v) is 11.9. The minimum absolute atomic E-state index is 0.0237. The maximum Gasteiger partial charge on any atom is 0.289 e. The zero-order valence-electron chi connectivity index (χ0n) is 17.0. The summed E-state index contributed by atoms with van der Waals surface area (Å²) in [4.78, 5) is 43.0. The molecule has 3 heterocycles. The van der Waals surface area contributed by atoms with E-state index in [1.807, 2.05) is 4.90 Å². The molecule has 7 nitrogen and oxygen atoms in total. The third-order valence-corrected chi connectivity index (χ3v) is 6.98. The van der Waals surface area contributed by atoms with E-state index in [4.69, 9.17) is 0 Å². The number of hydrogen-bond acceptors (Lipinski definition) is 6. The average Bonchev–Trinajstić information content (AvgIpc) is 3.51. The largest absolute Gasteiger partial charge is 0.342 e. The minimum Gasteiger partial charge on any atom is -0.342 e. The van der Waals surface area contributed by atoms with Crippen LogP contribution in [-0.2, 0) is 11.2 Å². The highest BCUT2D eigenvalue weighted by atomic mass is 32.1. The van der Waals surface area contributed by atoms with Crippen molar-refractivity contribution in [3.63, 3.8) is 0 Å². The molecular formula is C22H21FN4O3S2. The quantitative estimate of drug-likeness (QED) is 0.557. The summed E-state index contributed by atoms with van der Waals surface area (Å²) in [6.45, 7) is 1.23. The molecule has 166 valence electrons. The van der Waals surface area contributed by atoms with Gasteiger partial charge in [0.1, 0.15) is 11.5 Å². The Labute approximate surface area is 192 Å². The maximum atomic E-state index is 13.0. The SMILES string of the molecule is O=C(NNC(=O)c1csc(C2CCN(C(=O)Cc3ccc(F)cc3)CC2)n1)c1ccsc1. The number of thiophene rings is 1. The molecule has 1 fully saturated rings. The van der Waals surface area contributed by atoms with Gasteiger partial charge in [-0.3, -0.25) is 25.2 Å². The number of thiazole rings is 1. The van der Waals surface area contributed by atoms with Crippen molar-refractivity contribution < 1.29 is 18.8 Å². The van der Waals surface area contributed by atoms with Crippen LogP contribution >= 0.6 is 22.7 Å². The number of halogens is 1. The number of likely N-dealkylation sites (tertiary alicyclic amines) is 1. The fourth-order valence-electron chi connectivity index (χ4n) is 3.49. The molecule has 0 unspecified atom stereocenters. The van der Waals surface area contributed by atoms with Crippen LogP contribution in [0.5, 0.6) is 0 Å². The van der Waals surface area contributed by atoms with Crippen LogP contribution in [0, 0.1) is 5.82 Å². The number of nitrogens with zero attached hydrogens (tertiary/aromatic N) is 2. The lowest BCUT2D eigenvalue weighted by Crippen LogP contribution is -2.41. The van der Waals surface area contributed by atoms with Gasteiger partial charge in [0.05, 0.1) is 17.0 Å². The Bertz CT molecular complexity index is 1090. The molecule has 0 bridgehead atoms. The fraction of sp³-hybridized carbons (Fsp3) is 0.273. The Morgan fingerprint density at radius 3 is 2.44 bits per heavy atom. The van der Waals surface area contributed by atoms with Gasteiger partial charge in [-0.15, -0.1) is 11.3 Å². The van der Waals surface area contributed by atoms with E-state index in [-0.39, 0.29) is 35.7 Å². The molecule has 2 N–H and O–H groups in total. The Kier molecular flexibility index (Phi) is 6.91. The predicted molar refractivity (Wildman–Crippen MR) is 120 cm³/mol. The normalized spacial score (nSPS) is 14.2. The van der Waals surface area contributed by atoms with Gasteiger partial charge < -0.3 is 4.90 Å². The molecule has 1 aliphatic rings. The number of aromatic nitrogens is 1. The van der Waals surface area contributed by atoms with Crippen molar-refractivity contribution in [1.82, 2.24) is 20.7 Å². The third kappa shape index (κ3) is 5.38. The molecule has 0 radical (unpaired) electrons. The van der Waals surface area contributed by atoms with Crippen molar-refractivity contribution in [2.24, 2.45) is 0 Å². The summed E-state index contributed by atoms with van der Waals surface area (Å²) in [5.74, 6) is -0.966. The lowest BCUT2D eigenvalue weighted by molar-refractivity contribution is -0.131. The van der Waals surface area contributed by atoms with E-state index in [1.165, 1.54) is 34.8 Å². The van der Waals surface area contributed by atoms with Crippen molar-refractivity contribution in [1.29, 1.82) is 0 Å². The van der Waals surface area contributed by atoms with Crippen LogP contribution in [0.1, 0.15) is 50.2 Å². The zero-order chi connectivity index (χ0) is 22.5. The van der Waals surface area contributed by atoms with E-state index in [1.54, 1.807) is 34.3 Å².